The topological polar surface area (TPSA) is 87.3 Å². The van der Waals surface area contributed by atoms with Gasteiger partial charge in [-0.3, -0.25) is 4.79 Å². The molecular formula is C10H7N5O. The fourth-order valence-corrected chi connectivity index (χ4v) is 1.46. The summed E-state index contributed by atoms with van der Waals surface area (Å²) in [4.78, 5) is 28.8. The zero-order valence-electron chi connectivity index (χ0n) is 8.14. The van der Waals surface area contributed by atoms with Gasteiger partial charge in [0.2, 0.25) is 5.56 Å². The van der Waals surface area contributed by atoms with Crippen LogP contribution in [0.15, 0.2) is 35.6 Å². The van der Waals surface area contributed by atoms with Gasteiger partial charge in [-0.25, -0.2) is 15.0 Å². The van der Waals surface area contributed by atoms with Gasteiger partial charge in [0, 0.05) is 17.8 Å². The summed E-state index contributed by atoms with van der Waals surface area (Å²) in [6, 6.07) is 3.15. The number of hydrogen-bond donors (Lipinski definition) is 2. The summed E-state index contributed by atoms with van der Waals surface area (Å²) in [6.45, 7) is 0. The molecule has 0 saturated carbocycles. The molecule has 0 spiro atoms. The maximum Gasteiger partial charge on any atom is 0.247 e. The van der Waals surface area contributed by atoms with Crippen LogP contribution in [0.25, 0.3) is 22.6 Å². The van der Waals surface area contributed by atoms with Crippen molar-refractivity contribution >= 4 is 11.2 Å². The van der Waals surface area contributed by atoms with Crippen LogP contribution in [0.2, 0.25) is 0 Å². The van der Waals surface area contributed by atoms with E-state index in [0.29, 0.717) is 11.5 Å². The van der Waals surface area contributed by atoms with Gasteiger partial charge in [0.05, 0.1) is 6.20 Å². The highest BCUT2D eigenvalue weighted by Gasteiger charge is 2.05. The van der Waals surface area contributed by atoms with E-state index in [4.69, 9.17) is 0 Å². The quantitative estimate of drug-likeness (QED) is 0.623. The first-order valence-electron chi connectivity index (χ1n) is 4.68. The van der Waals surface area contributed by atoms with Gasteiger partial charge in [0.15, 0.2) is 5.65 Å². The van der Waals surface area contributed by atoms with Crippen molar-refractivity contribution in [3.05, 3.63) is 41.2 Å². The van der Waals surface area contributed by atoms with E-state index in [1.165, 1.54) is 12.4 Å². The lowest BCUT2D eigenvalue weighted by Crippen LogP contribution is -2.01. The van der Waals surface area contributed by atoms with Gasteiger partial charge in [-0.15, -0.1) is 0 Å². The summed E-state index contributed by atoms with van der Waals surface area (Å²) >= 11 is 0. The Morgan fingerprint density at radius 1 is 1.25 bits per heavy atom. The summed E-state index contributed by atoms with van der Waals surface area (Å²) < 4.78 is 0. The number of pyridine rings is 1. The maximum atomic E-state index is 10.9. The van der Waals surface area contributed by atoms with Crippen molar-refractivity contribution in [1.29, 1.82) is 0 Å². The second kappa shape index (κ2) is 3.27. The normalized spacial score (nSPS) is 10.8. The lowest BCUT2D eigenvalue weighted by Gasteiger charge is -1.93. The molecule has 0 aliphatic rings. The number of H-pyrrole nitrogens is 2. The van der Waals surface area contributed by atoms with Crippen molar-refractivity contribution in [2.75, 3.05) is 0 Å². The Bertz CT molecular complexity index is 646. The van der Waals surface area contributed by atoms with E-state index < -0.39 is 0 Å². The monoisotopic (exact) mass is 213 g/mol. The average Bonchev–Trinajstić information content (AvgIpc) is 2.73. The summed E-state index contributed by atoms with van der Waals surface area (Å²) in [7, 11) is 0. The number of nitrogens with zero attached hydrogens (tertiary/aromatic N) is 3. The fourth-order valence-electron chi connectivity index (χ4n) is 1.46. The smallest absolute Gasteiger partial charge is 0.247 e. The Kier molecular flexibility index (Phi) is 1.79. The number of imidazole rings is 1. The summed E-state index contributed by atoms with van der Waals surface area (Å²) in [5.74, 6) is 0.659. The van der Waals surface area contributed by atoms with Gasteiger partial charge in [-0.1, -0.05) is 0 Å². The second-order valence-electron chi connectivity index (χ2n) is 3.29. The molecule has 3 rings (SSSR count). The van der Waals surface area contributed by atoms with Crippen molar-refractivity contribution in [1.82, 2.24) is 24.9 Å². The molecule has 16 heavy (non-hydrogen) atoms. The number of rotatable bonds is 1. The molecule has 0 amide bonds. The largest absolute Gasteiger partial charge is 0.335 e. The molecule has 0 radical (unpaired) electrons. The molecule has 78 valence electrons. The van der Waals surface area contributed by atoms with Crippen molar-refractivity contribution in [2.24, 2.45) is 0 Å². The molecule has 2 N–H and O–H groups in total. The van der Waals surface area contributed by atoms with Gasteiger partial charge in [0.25, 0.3) is 0 Å². The first-order chi connectivity index (χ1) is 7.83. The first kappa shape index (κ1) is 8.78. The highest BCUT2D eigenvalue weighted by molar-refractivity contribution is 5.74. The SMILES string of the molecule is O=c1ccc(-c2nc3ncncc3[nH]2)c[nH]1. The zero-order chi connectivity index (χ0) is 11.0. The molecule has 0 fully saturated rings. The summed E-state index contributed by atoms with van der Waals surface area (Å²) in [5.41, 5.74) is 2.04. The number of aromatic amines is 2. The number of hydrogen-bond acceptors (Lipinski definition) is 4. The molecule has 6 heteroatoms. The van der Waals surface area contributed by atoms with Crippen molar-refractivity contribution in [3.63, 3.8) is 0 Å². The third-order valence-corrected chi connectivity index (χ3v) is 2.22. The number of nitrogens with one attached hydrogen (secondary N) is 2. The highest BCUT2D eigenvalue weighted by Crippen LogP contribution is 2.16. The Hall–Kier alpha value is -2.50. The van der Waals surface area contributed by atoms with Crippen LogP contribution in [-0.2, 0) is 0 Å². The van der Waals surface area contributed by atoms with Gasteiger partial charge < -0.3 is 9.97 Å². The van der Waals surface area contributed by atoms with E-state index in [1.54, 1.807) is 18.5 Å². The van der Waals surface area contributed by atoms with E-state index in [2.05, 4.69) is 24.9 Å². The molecule has 6 nitrogen and oxygen atoms in total. The highest BCUT2D eigenvalue weighted by atomic mass is 16.1. The van der Waals surface area contributed by atoms with Crippen molar-refractivity contribution in [2.45, 2.75) is 0 Å². The summed E-state index contributed by atoms with van der Waals surface area (Å²) in [5, 5.41) is 0. The third-order valence-electron chi connectivity index (χ3n) is 2.22. The van der Waals surface area contributed by atoms with Crippen molar-refractivity contribution < 1.29 is 0 Å². The lowest BCUT2D eigenvalue weighted by molar-refractivity contribution is 1.20. The van der Waals surface area contributed by atoms with Crippen molar-refractivity contribution in [3.8, 4) is 11.4 Å². The Morgan fingerprint density at radius 3 is 2.94 bits per heavy atom. The van der Waals surface area contributed by atoms with E-state index in [-0.39, 0.29) is 5.56 Å². The molecule has 0 saturated heterocycles. The molecule has 3 heterocycles. The molecule has 0 aliphatic carbocycles. The molecule has 0 unspecified atom stereocenters. The van der Waals surface area contributed by atoms with Gasteiger partial charge >= 0.3 is 0 Å². The Labute approximate surface area is 89.4 Å². The number of fused-ring (bicyclic) bond motifs is 1. The third kappa shape index (κ3) is 1.36. The molecule has 0 bridgehead atoms. The molecule has 3 aromatic heterocycles. The van der Waals surface area contributed by atoms with Crippen LogP contribution in [0.5, 0.6) is 0 Å². The minimum Gasteiger partial charge on any atom is -0.335 e. The van der Waals surface area contributed by atoms with Gasteiger partial charge in [0.1, 0.15) is 17.7 Å². The molecule has 0 aliphatic heterocycles. The van der Waals surface area contributed by atoms with Crippen LogP contribution in [-0.4, -0.2) is 24.9 Å². The van der Waals surface area contributed by atoms with E-state index >= 15 is 0 Å². The lowest BCUT2D eigenvalue weighted by atomic mass is 10.3. The van der Waals surface area contributed by atoms with Gasteiger partial charge in [-0.2, -0.15) is 0 Å². The number of aromatic nitrogens is 5. The zero-order valence-corrected chi connectivity index (χ0v) is 8.14. The predicted molar refractivity (Wildman–Crippen MR) is 57.7 cm³/mol. The standard InChI is InChI=1S/C10H7N5O/c16-8-2-1-6(3-12-8)9-14-7-4-11-5-13-10(7)15-9/h1-5H,(H,12,16)(H,11,13,14,15). The van der Waals surface area contributed by atoms with Crippen LogP contribution in [0, 0.1) is 0 Å². The molecule has 0 aromatic carbocycles. The van der Waals surface area contributed by atoms with Crippen LogP contribution in [0.1, 0.15) is 0 Å². The molecular weight excluding hydrogens is 206 g/mol. The summed E-state index contributed by atoms with van der Waals surface area (Å²) in [6.07, 6.45) is 4.71. The first-order valence-corrected chi connectivity index (χ1v) is 4.68. The predicted octanol–water partition coefficient (Wildman–Crippen LogP) is 0.708. The van der Waals surface area contributed by atoms with Crippen LogP contribution >= 0.6 is 0 Å². The fraction of sp³-hybridized carbons (Fsp3) is 0. The minimum atomic E-state index is -0.139. The van der Waals surface area contributed by atoms with E-state index in [0.717, 1.165) is 11.1 Å². The minimum absolute atomic E-state index is 0.139. The second-order valence-corrected chi connectivity index (χ2v) is 3.29. The van der Waals surface area contributed by atoms with Crippen LogP contribution < -0.4 is 5.56 Å². The van der Waals surface area contributed by atoms with Crippen LogP contribution in [0.3, 0.4) is 0 Å². The van der Waals surface area contributed by atoms with E-state index in [1.807, 2.05) is 0 Å². The Morgan fingerprint density at radius 2 is 2.19 bits per heavy atom. The van der Waals surface area contributed by atoms with Crippen LogP contribution in [0.4, 0.5) is 0 Å². The Balaban J connectivity index is 2.19. The molecule has 3 aromatic rings. The molecule has 0 atom stereocenters. The van der Waals surface area contributed by atoms with E-state index in [9.17, 15) is 4.79 Å². The van der Waals surface area contributed by atoms with Gasteiger partial charge in [-0.05, 0) is 6.07 Å². The average molecular weight is 213 g/mol. The maximum absolute atomic E-state index is 10.9.